The van der Waals surface area contributed by atoms with Crippen molar-refractivity contribution in [2.24, 2.45) is 5.92 Å². The first-order valence-corrected chi connectivity index (χ1v) is 5.71. The van der Waals surface area contributed by atoms with Crippen LogP contribution in [0, 0.1) is 12.8 Å². The Labute approximate surface area is 89.5 Å². The third-order valence-electron chi connectivity index (χ3n) is 2.46. The van der Waals surface area contributed by atoms with E-state index in [9.17, 15) is 0 Å². The lowest BCUT2D eigenvalue weighted by atomic mass is 9.98. The smallest absolute Gasteiger partial charge is 0.0146 e. The van der Waals surface area contributed by atoms with Crippen molar-refractivity contribution < 1.29 is 0 Å². The van der Waals surface area contributed by atoms with Crippen LogP contribution in [0.25, 0.3) is 0 Å². The van der Waals surface area contributed by atoms with E-state index < -0.39 is 0 Å². The molecule has 0 saturated carbocycles. The topological polar surface area (TPSA) is 0 Å². The summed E-state index contributed by atoms with van der Waals surface area (Å²) < 4.78 is 0. The van der Waals surface area contributed by atoms with Gasteiger partial charge in [-0.1, -0.05) is 59.6 Å². The summed E-state index contributed by atoms with van der Waals surface area (Å²) in [5, 5.41) is 0. The molecule has 0 nitrogen and oxygen atoms in total. The predicted octanol–water partition coefficient (Wildman–Crippen LogP) is 3.96. The normalized spacial score (nSPS) is 15.4. The van der Waals surface area contributed by atoms with Crippen molar-refractivity contribution in [1.82, 2.24) is 0 Å². The van der Waals surface area contributed by atoms with Crippen molar-refractivity contribution >= 4 is 15.9 Å². The molecule has 2 atom stereocenters. The molecule has 0 fully saturated rings. The van der Waals surface area contributed by atoms with Gasteiger partial charge in [0.15, 0.2) is 0 Å². The highest BCUT2D eigenvalue weighted by Crippen LogP contribution is 2.17. The molecule has 13 heavy (non-hydrogen) atoms. The van der Waals surface area contributed by atoms with E-state index in [1.54, 1.807) is 0 Å². The van der Waals surface area contributed by atoms with Crippen LogP contribution in [0.15, 0.2) is 24.3 Å². The number of aryl methyl sites for hydroxylation is 1. The summed E-state index contributed by atoms with van der Waals surface area (Å²) >= 11 is 3.61. The maximum absolute atomic E-state index is 3.61. The average Bonchev–Trinajstić information content (AvgIpc) is 2.08. The van der Waals surface area contributed by atoms with Gasteiger partial charge in [-0.25, -0.2) is 0 Å². The third kappa shape index (κ3) is 3.51. The van der Waals surface area contributed by atoms with Gasteiger partial charge in [-0.3, -0.25) is 0 Å². The highest BCUT2D eigenvalue weighted by molar-refractivity contribution is 9.09. The molecular weight excluding hydrogens is 224 g/mol. The molecule has 0 saturated heterocycles. The lowest BCUT2D eigenvalue weighted by Gasteiger charge is -2.13. The van der Waals surface area contributed by atoms with Gasteiger partial charge in [0.25, 0.3) is 0 Å². The van der Waals surface area contributed by atoms with Crippen molar-refractivity contribution in [3.05, 3.63) is 35.4 Å². The maximum Gasteiger partial charge on any atom is 0.0146 e. The van der Waals surface area contributed by atoms with Crippen LogP contribution in [-0.4, -0.2) is 4.83 Å². The number of hydrogen-bond donors (Lipinski definition) is 0. The molecule has 0 heterocycles. The maximum atomic E-state index is 3.61. The summed E-state index contributed by atoms with van der Waals surface area (Å²) in [6.45, 7) is 6.61. The fourth-order valence-corrected chi connectivity index (χ4v) is 1.45. The van der Waals surface area contributed by atoms with E-state index in [2.05, 4.69) is 61.0 Å². The fraction of sp³-hybridized carbons (Fsp3) is 0.500. The second-order valence-corrected chi connectivity index (χ2v) is 5.29. The van der Waals surface area contributed by atoms with Crippen LogP contribution in [0.1, 0.15) is 25.0 Å². The summed E-state index contributed by atoms with van der Waals surface area (Å²) in [6.07, 6.45) is 1.16. The first kappa shape index (κ1) is 10.8. The van der Waals surface area contributed by atoms with Crippen molar-refractivity contribution in [2.45, 2.75) is 32.0 Å². The number of rotatable bonds is 3. The first-order valence-electron chi connectivity index (χ1n) is 4.79. The van der Waals surface area contributed by atoms with Gasteiger partial charge in [-0.15, -0.1) is 0 Å². The van der Waals surface area contributed by atoms with Gasteiger partial charge >= 0.3 is 0 Å². The number of hydrogen-bond acceptors (Lipinski definition) is 0. The van der Waals surface area contributed by atoms with E-state index in [-0.39, 0.29) is 0 Å². The largest absolute Gasteiger partial charge is 0.0891 e. The molecule has 0 bridgehead atoms. The molecule has 72 valence electrons. The minimum Gasteiger partial charge on any atom is -0.0891 e. The molecule has 0 radical (unpaired) electrons. The van der Waals surface area contributed by atoms with Crippen LogP contribution >= 0.6 is 15.9 Å². The molecule has 0 amide bonds. The summed E-state index contributed by atoms with van der Waals surface area (Å²) in [6, 6.07) is 8.81. The Balaban J connectivity index is 2.59. The first-order chi connectivity index (χ1) is 6.09. The number of alkyl halides is 1. The van der Waals surface area contributed by atoms with Crippen LogP contribution in [-0.2, 0) is 6.42 Å². The average molecular weight is 241 g/mol. The standard InChI is InChI=1S/C12H17Br/c1-9-4-6-12(7-5-9)8-10(2)11(3)13/h4-7,10-11H,8H2,1-3H3. The molecule has 0 aromatic heterocycles. The molecule has 1 aromatic rings. The van der Waals surface area contributed by atoms with Gasteiger partial charge in [0.05, 0.1) is 0 Å². The van der Waals surface area contributed by atoms with Crippen molar-refractivity contribution in [2.75, 3.05) is 0 Å². The molecule has 0 aliphatic heterocycles. The molecule has 0 aliphatic rings. The fourth-order valence-electron chi connectivity index (χ4n) is 1.26. The number of benzene rings is 1. The van der Waals surface area contributed by atoms with Crippen molar-refractivity contribution in [3.63, 3.8) is 0 Å². The van der Waals surface area contributed by atoms with E-state index >= 15 is 0 Å². The highest BCUT2D eigenvalue weighted by atomic mass is 79.9. The Hall–Kier alpha value is -0.300. The van der Waals surface area contributed by atoms with Gasteiger partial charge in [0, 0.05) is 4.83 Å². The molecule has 0 spiro atoms. The van der Waals surface area contributed by atoms with Gasteiger partial charge in [-0.2, -0.15) is 0 Å². The van der Waals surface area contributed by atoms with Crippen LogP contribution in [0.3, 0.4) is 0 Å². The van der Waals surface area contributed by atoms with Crippen LogP contribution < -0.4 is 0 Å². The van der Waals surface area contributed by atoms with Crippen molar-refractivity contribution in [1.29, 1.82) is 0 Å². The summed E-state index contributed by atoms with van der Waals surface area (Å²) in [5.74, 6) is 0.697. The number of halogens is 1. The monoisotopic (exact) mass is 240 g/mol. The lowest BCUT2D eigenvalue weighted by molar-refractivity contribution is 0.581. The van der Waals surface area contributed by atoms with E-state index in [0.29, 0.717) is 10.7 Å². The second kappa shape index (κ2) is 4.80. The van der Waals surface area contributed by atoms with E-state index in [1.807, 2.05) is 0 Å². The molecular formula is C12H17Br. The summed E-state index contributed by atoms with van der Waals surface area (Å²) in [7, 11) is 0. The highest BCUT2D eigenvalue weighted by Gasteiger charge is 2.08. The quantitative estimate of drug-likeness (QED) is 0.703. The molecule has 0 N–H and O–H groups in total. The summed E-state index contributed by atoms with van der Waals surface area (Å²) in [4.78, 5) is 0.591. The lowest BCUT2D eigenvalue weighted by Crippen LogP contribution is -2.09. The zero-order valence-corrected chi connectivity index (χ0v) is 10.1. The Morgan fingerprint density at radius 1 is 1.15 bits per heavy atom. The van der Waals surface area contributed by atoms with Gasteiger partial charge in [-0.05, 0) is 24.8 Å². The zero-order valence-electron chi connectivity index (χ0n) is 8.55. The predicted molar refractivity (Wildman–Crippen MR) is 62.4 cm³/mol. The Bertz CT molecular complexity index is 248. The molecule has 0 aliphatic carbocycles. The van der Waals surface area contributed by atoms with E-state index in [4.69, 9.17) is 0 Å². The van der Waals surface area contributed by atoms with Crippen LogP contribution in [0.2, 0.25) is 0 Å². The molecule has 1 heteroatoms. The molecule has 2 unspecified atom stereocenters. The zero-order chi connectivity index (χ0) is 9.84. The van der Waals surface area contributed by atoms with Crippen LogP contribution in [0.5, 0.6) is 0 Å². The Morgan fingerprint density at radius 2 is 1.69 bits per heavy atom. The van der Waals surface area contributed by atoms with Gasteiger partial charge in [0.1, 0.15) is 0 Å². The van der Waals surface area contributed by atoms with Gasteiger partial charge in [0.2, 0.25) is 0 Å². The van der Waals surface area contributed by atoms with Crippen LogP contribution in [0.4, 0.5) is 0 Å². The van der Waals surface area contributed by atoms with E-state index in [0.717, 1.165) is 6.42 Å². The minimum absolute atomic E-state index is 0.591. The Morgan fingerprint density at radius 3 is 2.15 bits per heavy atom. The molecule has 1 aromatic carbocycles. The Kier molecular flexibility index (Phi) is 3.98. The third-order valence-corrected chi connectivity index (χ3v) is 3.36. The minimum atomic E-state index is 0.591. The summed E-state index contributed by atoms with van der Waals surface area (Å²) in [5.41, 5.74) is 2.77. The molecule has 1 rings (SSSR count). The van der Waals surface area contributed by atoms with Gasteiger partial charge < -0.3 is 0 Å². The van der Waals surface area contributed by atoms with Crippen molar-refractivity contribution in [3.8, 4) is 0 Å². The SMILES string of the molecule is Cc1ccc(CC(C)C(C)Br)cc1. The second-order valence-electron chi connectivity index (χ2n) is 3.84. The van der Waals surface area contributed by atoms with E-state index in [1.165, 1.54) is 11.1 Å².